The van der Waals surface area contributed by atoms with Gasteiger partial charge in [-0.3, -0.25) is 0 Å². The van der Waals surface area contributed by atoms with Gasteiger partial charge in [0.25, 0.3) is 0 Å². The number of aliphatic hydroxyl groups excluding tert-OH is 1. The van der Waals surface area contributed by atoms with Crippen molar-refractivity contribution < 1.29 is 5.11 Å². The van der Waals surface area contributed by atoms with Crippen molar-refractivity contribution in [3.63, 3.8) is 0 Å². The van der Waals surface area contributed by atoms with Crippen LogP contribution in [0.5, 0.6) is 0 Å². The van der Waals surface area contributed by atoms with Gasteiger partial charge in [-0.2, -0.15) is 0 Å². The van der Waals surface area contributed by atoms with Gasteiger partial charge in [0.1, 0.15) is 0 Å². The molecule has 2 rings (SSSR count). The summed E-state index contributed by atoms with van der Waals surface area (Å²) in [4.78, 5) is 0. The van der Waals surface area contributed by atoms with Gasteiger partial charge >= 0.3 is 0 Å². The summed E-state index contributed by atoms with van der Waals surface area (Å²) in [5.74, 6) is 0. The van der Waals surface area contributed by atoms with Crippen LogP contribution in [0.4, 0.5) is 0 Å². The third-order valence-corrected chi connectivity index (χ3v) is 3.34. The minimum absolute atomic E-state index is 0.158. The van der Waals surface area contributed by atoms with E-state index < -0.39 is 0 Å². The second-order valence-electron chi connectivity index (χ2n) is 4.68. The van der Waals surface area contributed by atoms with Gasteiger partial charge in [-0.1, -0.05) is 55.3 Å². The molecule has 0 saturated heterocycles. The Hall–Kier alpha value is -1.12. The van der Waals surface area contributed by atoms with Gasteiger partial charge < -0.3 is 10.4 Å². The van der Waals surface area contributed by atoms with Gasteiger partial charge in [-0.15, -0.1) is 0 Å². The van der Waals surface area contributed by atoms with Crippen molar-refractivity contribution in [2.24, 2.45) is 0 Å². The Morgan fingerprint density at radius 3 is 2.71 bits per heavy atom. The Morgan fingerprint density at radius 2 is 1.94 bits per heavy atom. The summed E-state index contributed by atoms with van der Waals surface area (Å²) in [7, 11) is 0. The third-order valence-electron chi connectivity index (χ3n) is 3.34. The Morgan fingerprint density at radius 1 is 1.18 bits per heavy atom. The van der Waals surface area contributed by atoms with Gasteiger partial charge in [-0.25, -0.2) is 0 Å². The van der Waals surface area contributed by atoms with Crippen LogP contribution in [0.1, 0.15) is 31.2 Å². The highest BCUT2D eigenvalue weighted by Gasteiger charge is 2.21. The van der Waals surface area contributed by atoms with Gasteiger partial charge in [0, 0.05) is 12.6 Å². The quantitative estimate of drug-likeness (QED) is 0.835. The standard InChI is InChI=1S/C15H21NO/c17-15-11-5-4-10-14(15)16-12-6-9-13-7-2-1-3-8-13/h1-3,6-9,14-17H,4-5,10-12H2. The van der Waals surface area contributed by atoms with Gasteiger partial charge in [0.2, 0.25) is 0 Å². The maximum absolute atomic E-state index is 9.80. The molecule has 2 nitrogen and oxygen atoms in total. The monoisotopic (exact) mass is 231 g/mol. The zero-order valence-electron chi connectivity index (χ0n) is 10.2. The lowest BCUT2D eigenvalue weighted by Gasteiger charge is -2.28. The lowest BCUT2D eigenvalue weighted by Crippen LogP contribution is -2.42. The Labute approximate surface area is 103 Å². The molecule has 2 atom stereocenters. The predicted octanol–water partition coefficient (Wildman–Crippen LogP) is 2.59. The van der Waals surface area contributed by atoms with Crippen LogP contribution in [0.25, 0.3) is 6.08 Å². The smallest absolute Gasteiger partial charge is 0.0693 e. The van der Waals surface area contributed by atoms with Crippen molar-refractivity contribution in [2.75, 3.05) is 6.54 Å². The average Bonchev–Trinajstić information content (AvgIpc) is 2.38. The van der Waals surface area contributed by atoms with E-state index in [-0.39, 0.29) is 12.1 Å². The maximum Gasteiger partial charge on any atom is 0.0693 e. The summed E-state index contributed by atoms with van der Waals surface area (Å²) in [6.07, 6.45) is 8.52. The van der Waals surface area contributed by atoms with Crippen LogP contribution in [0.2, 0.25) is 0 Å². The summed E-state index contributed by atoms with van der Waals surface area (Å²) in [6.45, 7) is 0.830. The predicted molar refractivity (Wildman–Crippen MR) is 71.7 cm³/mol. The SMILES string of the molecule is OC1CCCCC1NCC=Cc1ccccc1. The summed E-state index contributed by atoms with van der Waals surface area (Å²) in [6, 6.07) is 10.6. The van der Waals surface area contributed by atoms with E-state index in [9.17, 15) is 5.11 Å². The molecule has 0 amide bonds. The Balaban J connectivity index is 1.73. The molecule has 17 heavy (non-hydrogen) atoms. The maximum atomic E-state index is 9.80. The summed E-state index contributed by atoms with van der Waals surface area (Å²) in [5.41, 5.74) is 1.22. The zero-order valence-corrected chi connectivity index (χ0v) is 10.2. The van der Waals surface area contributed by atoms with Crippen molar-refractivity contribution in [1.29, 1.82) is 0 Å². The molecule has 0 spiro atoms. The molecule has 0 aliphatic heterocycles. The summed E-state index contributed by atoms with van der Waals surface area (Å²) in [5, 5.41) is 13.2. The minimum Gasteiger partial charge on any atom is -0.392 e. The zero-order chi connectivity index (χ0) is 11.9. The van der Waals surface area contributed by atoms with Gasteiger partial charge in [0.15, 0.2) is 0 Å². The lowest BCUT2D eigenvalue weighted by atomic mass is 9.93. The third kappa shape index (κ3) is 3.99. The molecular weight excluding hydrogens is 210 g/mol. The molecule has 1 saturated carbocycles. The van der Waals surface area contributed by atoms with Crippen molar-refractivity contribution in [3.8, 4) is 0 Å². The van der Waals surface area contributed by atoms with E-state index in [1.165, 1.54) is 18.4 Å². The molecule has 92 valence electrons. The molecule has 1 aliphatic carbocycles. The largest absolute Gasteiger partial charge is 0.392 e. The molecule has 1 fully saturated rings. The normalized spacial score (nSPS) is 25.2. The first-order valence-corrected chi connectivity index (χ1v) is 6.49. The van der Waals surface area contributed by atoms with Crippen LogP contribution in [-0.2, 0) is 0 Å². The highest BCUT2D eigenvalue weighted by Crippen LogP contribution is 2.18. The first-order chi connectivity index (χ1) is 8.36. The molecule has 2 heteroatoms. The highest BCUT2D eigenvalue weighted by atomic mass is 16.3. The molecule has 1 aromatic rings. The van der Waals surface area contributed by atoms with E-state index in [4.69, 9.17) is 0 Å². The fourth-order valence-electron chi connectivity index (χ4n) is 2.33. The molecule has 1 aliphatic rings. The van der Waals surface area contributed by atoms with Crippen molar-refractivity contribution >= 4 is 6.08 Å². The van der Waals surface area contributed by atoms with E-state index in [0.29, 0.717) is 0 Å². The fraction of sp³-hybridized carbons (Fsp3) is 0.467. The van der Waals surface area contributed by atoms with Crippen LogP contribution in [0, 0.1) is 0 Å². The number of benzene rings is 1. The first kappa shape index (κ1) is 12.3. The van der Waals surface area contributed by atoms with E-state index in [2.05, 4.69) is 29.6 Å². The fourth-order valence-corrected chi connectivity index (χ4v) is 2.33. The van der Waals surface area contributed by atoms with Gasteiger partial charge in [-0.05, 0) is 18.4 Å². The van der Waals surface area contributed by atoms with Crippen molar-refractivity contribution in [3.05, 3.63) is 42.0 Å². The van der Waals surface area contributed by atoms with Crippen LogP contribution in [-0.4, -0.2) is 23.8 Å². The van der Waals surface area contributed by atoms with Crippen molar-refractivity contribution in [2.45, 2.75) is 37.8 Å². The molecule has 0 aromatic heterocycles. The summed E-state index contributed by atoms with van der Waals surface area (Å²) < 4.78 is 0. The van der Waals surface area contributed by atoms with Crippen LogP contribution >= 0.6 is 0 Å². The average molecular weight is 231 g/mol. The second kappa shape index (κ2) is 6.58. The van der Waals surface area contributed by atoms with Crippen LogP contribution < -0.4 is 5.32 Å². The van der Waals surface area contributed by atoms with E-state index in [0.717, 1.165) is 19.4 Å². The highest BCUT2D eigenvalue weighted by molar-refractivity contribution is 5.48. The minimum atomic E-state index is -0.158. The molecule has 0 bridgehead atoms. The summed E-state index contributed by atoms with van der Waals surface area (Å²) >= 11 is 0. The molecule has 2 unspecified atom stereocenters. The molecular formula is C15H21NO. The number of hydrogen-bond acceptors (Lipinski definition) is 2. The molecule has 2 N–H and O–H groups in total. The number of hydrogen-bond donors (Lipinski definition) is 2. The molecule has 0 heterocycles. The molecule has 0 radical (unpaired) electrons. The lowest BCUT2D eigenvalue weighted by molar-refractivity contribution is 0.0929. The number of nitrogens with one attached hydrogen (secondary N) is 1. The molecule has 1 aromatic carbocycles. The number of aliphatic hydroxyl groups is 1. The first-order valence-electron chi connectivity index (χ1n) is 6.49. The number of rotatable bonds is 4. The van der Waals surface area contributed by atoms with Crippen LogP contribution in [0.15, 0.2) is 36.4 Å². The second-order valence-corrected chi connectivity index (χ2v) is 4.68. The van der Waals surface area contributed by atoms with Crippen molar-refractivity contribution in [1.82, 2.24) is 5.32 Å². The van der Waals surface area contributed by atoms with E-state index in [1.54, 1.807) is 0 Å². The van der Waals surface area contributed by atoms with E-state index >= 15 is 0 Å². The topological polar surface area (TPSA) is 32.3 Å². The Bertz CT molecular complexity index is 347. The van der Waals surface area contributed by atoms with E-state index in [1.807, 2.05) is 18.2 Å². The van der Waals surface area contributed by atoms with Gasteiger partial charge in [0.05, 0.1) is 6.10 Å². The van der Waals surface area contributed by atoms with Crippen LogP contribution in [0.3, 0.4) is 0 Å². The Kier molecular flexibility index (Phi) is 4.77.